The van der Waals surface area contributed by atoms with Crippen LogP contribution < -0.4 is 10.6 Å². The highest BCUT2D eigenvalue weighted by molar-refractivity contribution is 6.41. The Morgan fingerprint density at radius 2 is 1.75 bits per heavy atom. The fraction of sp³-hybridized carbons (Fsp3) is 0.238. The van der Waals surface area contributed by atoms with E-state index >= 15 is 0 Å². The molecule has 0 aliphatic carbocycles. The lowest BCUT2D eigenvalue weighted by atomic mass is 10.0. The molecule has 0 unspecified atom stereocenters. The Balaban J connectivity index is 1.72. The summed E-state index contributed by atoms with van der Waals surface area (Å²) >= 11 is 6.02. The number of fused-ring (bicyclic) bond motifs is 1. The zero-order valence-corrected chi connectivity index (χ0v) is 16.8. The molecular formula is C21H23ClN4O2. The van der Waals surface area contributed by atoms with Crippen molar-refractivity contribution in [1.29, 1.82) is 0 Å². The Kier molecular flexibility index (Phi) is 6.02. The number of carbonyl (C=O) groups excluding carboxylic acids is 2. The highest BCUT2D eigenvalue weighted by atomic mass is 35.5. The molecule has 0 fully saturated rings. The number of aryl methyl sites for hydroxylation is 1. The number of rotatable bonds is 5. The summed E-state index contributed by atoms with van der Waals surface area (Å²) in [5, 5.41) is 6.77. The van der Waals surface area contributed by atoms with Crippen LogP contribution in [0.15, 0.2) is 54.7 Å². The van der Waals surface area contributed by atoms with Gasteiger partial charge in [0, 0.05) is 30.7 Å². The van der Waals surface area contributed by atoms with E-state index in [9.17, 15) is 9.59 Å². The summed E-state index contributed by atoms with van der Waals surface area (Å²) < 4.78 is 2.06. The number of aromatic nitrogens is 1. The molecule has 1 heterocycles. The van der Waals surface area contributed by atoms with Crippen LogP contribution in [0.5, 0.6) is 0 Å². The van der Waals surface area contributed by atoms with Gasteiger partial charge in [0.2, 0.25) is 0 Å². The van der Waals surface area contributed by atoms with Crippen LogP contribution >= 0.6 is 11.6 Å². The van der Waals surface area contributed by atoms with Gasteiger partial charge >= 0.3 is 11.8 Å². The first-order valence-corrected chi connectivity index (χ1v) is 9.30. The van der Waals surface area contributed by atoms with Crippen molar-refractivity contribution in [2.24, 2.45) is 7.05 Å². The first-order chi connectivity index (χ1) is 13.4. The van der Waals surface area contributed by atoms with E-state index in [1.54, 1.807) is 24.3 Å². The predicted molar refractivity (Wildman–Crippen MR) is 112 cm³/mol. The molecule has 1 aromatic heterocycles. The maximum Gasteiger partial charge on any atom is 0.313 e. The maximum atomic E-state index is 12.3. The predicted octanol–water partition coefficient (Wildman–Crippen LogP) is 3.19. The number of likely N-dealkylation sites (N-methyl/N-ethyl adjacent to an activating group) is 1. The minimum absolute atomic E-state index is 0.0804. The Labute approximate surface area is 169 Å². The van der Waals surface area contributed by atoms with Crippen LogP contribution in [0.2, 0.25) is 5.02 Å². The molecule has 3 aromatic rings. The Morgan fingerprint density at radius 1 is 1.07 bits per heavy atom. The maximum absolute atomic E-state index is 12.3. The molecule has 0 radical (unpaired) electrons. The molecule has 0 saturated carbocycles. The number of halogens is 1. The molecule has 0 bridgehead atoms. The number of hydrogen-bond acceptors (Lipinski definition) is 3. The van der Waals surface area contributed by atoms with Crippen molar-refractivity contribution in [2.45, 2.75) is 6.04 Å². The average Bonchev–Trinajstić information content (AvgIpc) is 3.00. The SMILES string of the molecule is CN(C)[C@H](CNC(=O)C(=O)Nc1ccccc1Cl)c1cn(C)c2ccccc12. The third-order valence-corrected chi connectivity index (χ3v) is 5.02. The first-order valence-electron chi connectivity index (χ1n) is 8.92. The molecule has 146 valence electrons. The number of hydrogen-bond donors (Lipinski definition) is 2. The van der Waals surface area contributed by atoms with Crippen LogP contribution in [-0.2, 0) is 16.6 Å². The summed E-state index contributed by atoms with van der Waals surface area (Å²) in [5.41, 5.74) is 2.62. The molecule has 2 aromatic carbocycles. The zero-order valence-electron chi connectivity index (χ0n) is 16.1. The van der Waals surface area contributed by atoms with Gasteiger partial charge in [-0.2, -0.15) is 0 Å². The lowest BCUT2D eigenvalue weighted by Crippen LogP contribution is -2.40. The van der Waals surface area contributed by atoms with Crippen molar-refractivity contribution < 1.29 is 9.59 Å². The van der Waals surface area contributed by atoms with E-state index in [-0.39, 0.29) is 6.04 Å². The molecule has 0 aliphatic rings. The van der Waals surface area contributed by atoms with Gasteiger partial charge in [-0.15, -0.1) is 0 Å². The Morgan fingerprint density at radius 3 is 2.46 bits per heavy atom. The van der Waals surface area contributed by atoms with Crippen molar-refractivity contribution in [1.82, 2.24) is 14.8 Å². The lowest BCUT2D eigenvalue weighted by molar-refractivity contribution is -0.136. The van der Waals surface area contributed by atoms with Crippen LogP contribution in [0.4, 0.5) is 5.69 Å². The van der Waals surface area contributed by atoms with Crippen molar-refractivity contribution >= 4 is 40.0 Å². The second-order valence-electron chi connectivity index (χ2n) is 6.84. The second kappa shape index (κ2) is 8.46. The molecule has 0 saturated heterocycles. The summed E-state index contributed by atoms with van der Waals surface area (Å²) in [6.45, 7) is 0.301. The number of nitrogens with zero attached hydrogens (tertiary/aromatic N) is 2. The molecule has 1 atom stereocenters. The van der Waals surface area contributed by atoms with Gasteiger partial charge in [-0.1, -0.05) is 41.9 Å². The first kappa shape index (κ1) is 19.9. The van der Waals surface area contributed by atoms with Crippen molar-refractivity contribution in [3.05, 3.63) is 65.3 Å². The summed E-state index contributed by atoms with van der Waals surface area (Å²) in [5.74, 6) is -1.45. The van der Waals surface area contributed by atoms with Crippen LogP contribution in [0.25, 0.3) is 10.9 Å². The van der Waals surface area contributed by atoms with E-state index in [1.807, 2.05) is 38.2 Å². The smallest absolute Gasteiger partial charge is 0.313 e. The monoisotopic (exact) mass is 398 g/mol. The van der Waals surface area contributed by atoms with Gasteiger partial charge in [0.05, 0.1) is 16.8 Å². The number of amides is 2. The molecule has 3 rings (SSSR count). The van der Waals surface area contributed by atoms with E-state index < -0.39 is 11.8 Å². The number of nitrogens with one attached hydrogen (secondary N) is 2. The van der Waals surface area contributed by atoms with Crippen LogP contribution in [0.3, 0.4) is 0 Å². The van der Waals surface area contributed by atoms with E-state index in [0.717, 1.165) is 16.5 Å². The van der Waals surface area contributed by atoms with Crippen LogP contribution in [0.1, 0.15) is 11.6 Å². The number of para-hydroxylation sites is 2. The quantitative estimate of drug-likeness (QED) is 0.648. The molecular weight excluding hydrogens is 376 g/mol. The molecule has 28 heavy (non-hydrogen) atoms. The topological polar surface area (TPSA) is 66.4 Å². The van der Waals surface area contributed by atoms with Crippen molar-refractivity contribution in [3.63, 3.8) is 0 Å². The standard InChI is InChI=1S/C21H23ClN4O2/c1-25(2)19(15-13-26(3)18-11-7-4-8-14(15)18)12-23-20(27)21(28)24-17-10-6-5-9-16(17)22/h4-11,13,19H,12H2,1-3H3,(H,23,27)(H,24,28)/t19-/m1/s1. The average molecular weight is 399 g/mol. The van der Waals surface area contributed by atoms with Gasteiger partial charge in [-0.25, -0.2) is 0 Å². The third kappa shape index (κ3) is 4.18. The second-order valence-corrected chi connectivity index (χ2v) is 7.24. The number of anilines is 1. The van der Waals surface area contributed by atoms with Gasteiger partial charge in [0.25, 0.3) is 0 Å². The van der Waals surface area contributed by atoms with Gasteiger partial charge in [0.15, 0.2) is 0 Å². The van der Waals surface area contributed by atoms with E-state index in [1.165, 1.54) is 0 Å². The normalized spacial score (nSPS) is 12.2. The van der Waals surface area contributed by atoms with E-state index in [4.69, 9.17) is 11.6 Å². The molecule has 7 heteroatoms. The van der Waals surface area contributed by atoms with E-state index in [0.29, 0.717) is 17.3 Å². The van der Waals surface area contributed by atoms with Gasteiger partial charge < -0.3 is 20.1 Å². The van der Waals surface area contributed by atoms with Gasteiger partial charge in [-0.3, -0.25) is 9.59 Å². The number of benzene rings is 2. The van der Waals surface area contributed by atoms with Crippen LogP contribution in [0, 0.1) is 0 Å². The zero-order chi connectivity index (χ0) is 20.3. The summed E-state index contributed by atoms with van der Waals surface area (Å²) in [6.07, 6.45) is 2.06. The van der Waals surface area contributed by atoms with Gasteiger partial charge in [0.1, 0.15) is 0 Å². The number of carbonyl (C=O) groups is 2. The van der Waals surface area contributed by atoms with Crippen molar-refractivity contribution in [2.75, 3.05) is 26.0 Å². The fourth-order valence-corrected chi connectivity index (χ4v) is 3.40. The molecule has 2 N–H and O–H groups in total. The van der Waals surface area contributed by atoms with Crippen LogP contribution in [-0.4, -0.2) is 41.9 Å². The Hall–Kier alpha value is -2.83. The minimum Gasteiger partial charge on any atom is -0.350 e. The minimum atomic E-state index is -0.747. The highest BCUT2D eigenvalue weighted by Gasteiger charge is 2.22. The molecule has 2 amide bonds. The summed E-state index contributed by atoms with van der Waals surface area (Å²) in [6, 6.07) is 14.8. The van der Waals surface area contributed by atoms with E-state index in [2.05, 4.69) is 33.5 Å². The highest BCUT2D eigenvalue weighted by Crippen LogP contribution is 2.28. The van der Waals surface area contributed by atoms with Gasteiger partial charge in [-0.05, 0) is 37.9 Å². The largest absolute Gasteiger partial charge is 0.350 e. The third-order valence-electron chi connectivity index (χ3n) is 4.69. The van der Waals surface area contributed by atoms with Crippen molar-refractivity contribution in [3.8, 4) is 0 Å². The molecule has 0 aliphatic heterocycles. The molecule has 6 nitrogen and oxygen atoms in total. The fourth-order valence-electron chi connectivity index (χ4n) is 3.22. The summed E-state index contributed by atoms with van der Waals surface area (Å²) in [4.78, 5) is 26.5. The molecule has 0 spiro atoms. The summed E-state index contributed by atoms with van der Waals surface area (Å²) in [7, 11) is 5.89. The Bertz CT molecular complexity index is 1010. The lowest BCUT2D eigenvalue weighted by Gasteiger charge is -2.24.